The third-order valence-corrected chi connectivity index (χ3v) is 6.73. The normalized spacial score (nSPS) is 11.5. The molecule has 0 unspecified atom stereocenters. The summed E-state index contributed by atoms with van der Waals surface area (Å²) < 4.78 is 30.5. The van der Waals surface area contributed by atoms with Gasteiger partial charge in [0, 0.05) is 5.02 Å². The zero-order chi connectivity index (χ0) is 18.9. The van der Waals surface area contributed by atoms with Crippen LogP contribution < -0.4 is 10.1 Å². The molecular formula is C16H12Cl2N2O4S2. The van der Waals surface area contributed by atoms with Crippen LogP contribution in [0.2, 0.25) is 10.0 Å². The van der Waals surface area contributed by atoms with Crippen molar-refractivity contribution >= 4 is 65.6 Å². The number of methoxy groups -OCH3 is 1. The third kappa shape index (κ3) is 3.93. The lowest BCUT2D eigenvalue weighted by Crippen LogP contribution is -2.22. The van der Waals surface area contributed by atoms with Crippen LogP contribution in [0.3, 0.4) is 0 Å². The largest absolute Gasteiger partial charge is 0.494 e. The highest BCUT2D eigenvalue weighted by molar-refractivity contribution is 7.92. The first kappa shape index (κ1) is 18.9. The molecular weight excluding hydrogens is 419 g/mol. The number of nitrogens with one attached hydrogen (secondary N) is 1. The van der Waals surface area contributed by atoms with E-state index in [2.05, 4.69) is 10.3 Å². The van der Waals surface area contributed by atoms with Crippen molar-refractivity contribution in [2.24, 2.45) is 0 Å². The van der Waals surface area contributed by atoms with Crippen LogP contribution in [-0.4, -0.2) is 32.2 Å². The number of nitrogens with zero attached hydrogens (tertiary/aromatic N) is 1. The molecule has 0 saturated heterocycles. The minimum absolute atomic E-state index is 0.0195. The van der Waals surface area contributed by atoms with E-state index in [9.17, 15) is 13.2 Å². The van der Waals surface area contributed by atoms with Crippen molar-refractivity contribution in [1.82, 2.24) is 4.98 Å². The molecule has 0 spiro atoms. The van der Waals surface area contributed by atoms with Crippen LogP contribution in [0.5, 0.6) is 5.75 Å². The molecule has 0 aliphatic carbocycles. The molecule has 0 atom stereocenters. The number of sulfone groups is 1. The molecule has 3 aromatic rings. The first-order valence-electron chi connectivity index (χ1n) is 7.21. The Bertz CT molecular complexity index is 1080. The van der Waals surface area contributed by atoms with E-state index in [-0.39, 0.29) is 10.0 Å². The number of anilines is 1. The molecule has 3 rings (SSSR count). The number of ether oxygens (including phenoxy) is 1. The SMILES string of the molecule is COc1ccc(Cl)c2sc(NC(=O)CS(=O)(=O)c3ccc(Cl)cc3)nc12. The second-order valence-corrected chi connectivity index (χ2v) is 9.04. The van der Waals surface area contributed by atoms with Gasteiger partial charge in [-0.1, -0.05) is 34.5 Å². The highest BCUT2D eigenvalue weighted by Gasteiger charge is 2.21. The zero-order valence-corrected chi connectivity index (χ0v) is 16.5. The van der Waals surface area contributed by atoms with Crippen LogP contribution in [0.4, 0.5) is 5.13 Å². The topological polar surface area (TPSA) is 85.4 Å². The maximum Gasteiger partial charge on any atom is 0.241 e. The molecule has 1 amide bonds. The highest BCUT2D eigenvalue weighted by Crippen LogP contribution is 2.37. The van der Waals surface area contributed by atoms with E-state index in [4.69, 9.17) is 27.9 Å². The Labute approximate surface area is 163 Å². The summed E-state index contributed by atoms with van der Waals surface area (Å²) in [5.41, 5.74) is 0.501. The number of aromatic nitrogens is 1. The Morgan fingerprint density at radius 3 is 2.54 bits per heavy atom. The van der Waals surface area contributed by atoms with Gasteiger partial charge in [-0.15, -0.1) is 0 Å². The van der Waals surface area contributed by atoms with Crippen molar-refractivity contribution in [3.63, 3.8) is 0 Å². The fourth-order valence-corrected chi connectivity index (χ4v) is 4.66. The summed E-state index contributed by atoms with van der Waals surface area (Å²) in [4.78, 5) is 16.5. The van der Waals surface area contributed by atoms with Crippen molar-refractivity contribution < 1.29 is 17.9 Å². The van der Waals surface area contributed by atoms with Gasteiger partial charge in [0.25, 0.3) is 0 Å². The number of amides is 1. The Kier molecular flexibility index (Phi) is 5.38. The van der Waals surface area contributed by atoms with Crippen molar-refractivity contribution in [3.05, 3.63) is 46.4 Å². The summed E-state index contributed by atoms with van der Waals surface area (Å²) in [6, 6.07) is 8.95. The number of carbonyl (C=O) groups excluding carboxylic acids is 1. The molecule has 1 N–H and O–H groups in total. The van der Waals surface area contributed by atoms with Gasteiger partial charge in [-0.3, -0.25) is 4.79 Å². The molecule has 1 aromatic heterocycles. The van der Waals surface area contributed by atoms with Crippen LogP contribution in [0, 0.1) is 0 Å². The van der Waals surface area contributed by atoms with Crippen molar-refractivity contribution in [2.45, 2.75) is 4.90 Å². The number of fused-ring (bicyclic) bond motifs is 1. The molecule has 10 heteroatoms. The lowest BCUT2D eigenvalue weighted by molar-refractivity contribution is -0.113. The zero-order valence-electron chi connectivity index (χ0n) is 13.3. The monoisotopic (exact) mass is 430 g/mol. The second kappa shape index (κ2) is 7.40. The van der Waals surface area contributed by atoms with Crippen molar-refractivity contribution in [3.8, 4) is 5.75 Å². The Hall–Kier alpha value is -1.87. The molecule has 0 aliphatic rings. The summed E-state index contributed by atoms with van der Waals surface area (Å²) in [6.45, 7) is 0. The first-order valence-corrected chi connectivity index (χ1v) is 10.4. The third-order valence-electron chi connectivity index (χ3n) is 3.42. The first-order chi connectivity index (χ1) is 12.3. The fraction of sp³-hybridized carbons (Fsp3) is 0.125. The van der Waals surface area contributed by atoms with Gasteiger partial charge in [-0.05, 0) is 36.4 Å². The smallest absolute Gasteiger partial charge is 0.241 e. The minimum atomic E-state index is -3.79. The van der Waals surface area contributed by atoms with Gasteiger partial charge in [0.15, 0.2) is 15.0 Å². The molecule has 0 radical (unpaired) electrons. The van der Waals surface area contributed by atoms with E-state index < -0.39 is 21.5 Å². The Balaban J connectivity index is 1.81. The fourth-order valence-electron chi connectivity index (χ4n) is 2.22. The standard InChI is InChI=1S/C16H12Cl2N2O4S2/c1-24-12-7-6-11(18)15-14(12)20-16(25-15)19-13(21)8-26(22,23)10-4-2-9(17)3-5-10/h2-7H,8H2,1H3,(H,19,20,21). The van der Waals surface area contributed by atoms with Gasteiger partial charge in [0.05, 0.1) is 21.7 Å². The minimum Gasteiger partial charge on any atom is -0.494 e. The van der Waals surface area contributed by atoms with Crippen LogP contribution in [0.1, 0.15) is 0 Å². The van der Waals surface area contributed by atoms with Gasteiger partial charge < -0.3 is 10.1 Å². The predicted molar refractivity (Wildman–Crippen MR) is 103 cm³/mol. The lowest BCUT2D eigenvalue weighted by Gasteiger charge is -2.04. The van der Waals surface area contributed by atoms with Gasteiger partial charge in [-0.25, -0.2) is 13.4 Å². The number of benzene rings is 2. The Morgan fingerprint density at radius 2 is 1.88 bits per heavy atom. The Morgan fingerprint density at radius 1 is 1.19 bits per heavy atom. The molecule has 0 aliphatic heterocycles. The molecule has 2 aromatic carbocycles. The van der Waals surface area contributed by atoms with E-state index in [0.29, 0.717) is 26.0 Å². The summed E-state index contributed by atoms with van der Waals surface area (Å²) in [5.74, 6) is -0.904. The average molecular weight is 431 g/mol. The van der Waals surface area contributed by atoms with Crippen LogP contribution >= 0.6 is 34.5 Å². The van der Waals surface area contributed by atoms with Crippen molar-refractivity contribution in [2.75, 3.05) is 18.2 Å². The van der Waals surface area contributed by atoms with Crippen LogP contribution in [-0.2, 0) is 14.6 Å². The molecule has 1 heterocycles. The van der Waals surface area contributed by atoms with Gasteiger partial charge in [-0.2, -0.15) is 0 Å². The van der Waals surface area contributed by atoms with Gasteiger partial charge >= 0.3 is 0 Å². The molecule has 136 valence electrons. The van der Waals surface area contributed by atoms with E-state index in [1.165, 1.54) is 31.4 Å². The van der Waals surface area contributed by atoms with E-state index in [0.717, 1.165) is 11.3 Å². The van der Waals surface area contributed by atoms with Crippen LogP contribution in [0.25, 0.3) is 10.2 Å². The van der Waals surface area contributed by atoms with Crippen LogP contribution in [0.15, 0.2) is 41.3 Å². The maximum absolute atomic E-state index is 12.3. The maximum atomic E-state index is 12.3. The number of thiazole rings is 1. The number of hydrogen-bond acceptors (Lipinski definition) is 6. The number of carbonyl (C=O) groups is 1. The summed E-state index contributed by atoms with van der Waals surface area (Å²) in [5, 5.41) is 3.61. The summed E-state index contributed by atoms with van der Waals surface area (Å²) in [7, 11) is -2.29. The molecule has 0 saturated carbocycles. The number of hydrogen-bond donors (Lipinski definition) is 1. The van der Waals surface area contributed by atoms with E-state index >= 15 is 0 Å². The molecule has 0 bridgehead atoms. The highest BCUT2D eigenvalue weighted by atomic mass is 35.5. The lowest BCUT2D eigenvalue weighted by atomic mass is 10.3. The van der Waals surface area contributed by atoms with E-state index in [1.54, 1.807) is 12.1 Å². The molecule has 26 heavy (non-hydrogen) atoms. The van der Waals surface area contributed by atoms with Crippen molar-refractivity contribution in [1.29, 1.82) is 0 Å². The average Bonchev–Trinajstić information content (AvgIpc) is 2.99. The van der Waals surface area contributed by atoms with E-state index in [1.807, 2.05) is 0 Å². The van der Waals surface area contributed by atoms with Gasteiger partial charge in [0.1, 0.15) is 17.0 Å². The molecule has 6 nitrogen and oxygen atoms in total. The quantitative estimate of drug-likeness (QED) is 0.660. The summed E-state index contributed by atoms with van der Waals surface area (Å²) in [6.07, 6.45) is 0. The molecule has 0 fully saturated rings. The number of halogens is 2. The number of rotatable bonds is 5. The predicted octanol–water partition coefficient (Wildman–Crippen LogP) is 4.02. The second-order valence-electron chi connectivity index (χ2n) is 5.21. The summed E-state index contributed by atoms with van der Waals surface area (Å²) >= 11 is 13.0. The van der Waals surface area contributed by atoms with Gasteiger partial charge in [0.2, 0.25) is 5.91 Å².